The summed E-state index contributed by atoms with van der Waals surface area (Å²) in [6.07, 6.45) is 5.80. The van der Waals surface area contributed by atoms with Crippen molar-refractivity contribution >= 4 is 28.5 Å². The number of thiophene rings is 1. The van der Waals surface area contributed by atoms with Crippen molar-refractivity contribution in [2.45, 2.75) is 0 Å². The normalized spacial score (nSPS) is 14.1. The Kier molecular flexibility index (Phi) is 5.21. The van der Waals surface area contributed by atoms with Crippen molar-refractivity contribution in [3.8, 4) is 21.6 Å². The van der Waals surface area contributed by atoms with Crippen molar-refractivity contribution in [1.29, 1.82) is 0 Å². The van der Waals surface area contributed by atoms with E-state index in [0.29, 0.717) is 0 Å². The molecular formula is C23H23N5OS. The molecule has 1 aliphatic rings. The lowest BCUT2D eigenvalue weighted by atomic mass is 10.1. The van der Waals surface area contributed by atoms with Crippen LogP contribution in [0.25, 0.3) is 21.6 Å². The Bertz CT molecular complexity index is 1130. The van der Waals surface area contributed by atoms with Crippen molar-refractivity contribution in [2.24, 2.45) is 7.05 Å². The maximum Gasteiger partial charge on any atom is 0.130 e. The monoisotopic (exact) mass is 417 g/mol. The van der Waals surface area contributed by atoms with Crippen LogP contribution in [0.4, 0.5) is 17.2 Å². The zero-order valence-electron chi connectivity index (χ0n) is 16.8. The number of benzene rings is 1. The molecule has 0 aliphatic carbocycles. The summed E-state index contributed by atoms with van der Waals surface area (Å²) in [7, 11) is 1.94. The molecule has 1 aromatic carbocycles. The zero-order valence-corrected chi connectivity index (χ0v) is 17.6. The fraction of sp³-hybridized carbons (Fsp3) is 0.217. The van der Waals surface area contributed by atoms with Gasteiger partial charge in [-0.05, 0) is 53.4 Å². The number of nitrogens with zero attached hydrogens (tertiary/aromatic N) is 4. The summed E-state index contributed by atoms with van der Waals surface area (Å²) >= 11 is 1.73. The molecule has 4 aromatic rings. The Labute approximate surface area is 179 Å². The molecule has 1 aliphatic heterocycles. The molecule has 0 radical (unpaired) electrons. The number of nitrogens with one attached hydrogen (secondary N) is 1. The third-order valence-electron chi connectivity index (χ3n) is 5.22. The molecule has 30 heavy (non-hydrogen) atoms. The number of ether oxygens (including phenoxy) is 1. The predicted octanol–water partition coefficient (Wildman–Crippen LogP) is 4.79. The smallest absolute Gasteiger partial charge is 0.130 e. The molecule has 0 saturated carbocycles. The maximum atomic E-state index is 5.44. The van der Waals surface area contributed by atoms with Gasteiger partial charge in [-0.25, -0.2) is 4.98 Å². The number of hydrogen-bond donors (Lipinski definition) is 1. The van der Waals surface area contributed by atoms with Gasteiger partial charge in [-0.1, -0.05) is 0 Å². The first-order valence-corrected chi connectivity index (χ1v) is 10.9. The van der Waals surface area contributed by atoms with Gasteiger partial charge in [0.2, 0.25) is 0 Å². The molecule has 1 N–H and O–H groups in total. The SMILES string of the molecule is Cn1cc(-c2ccsc2-c2ccnc(Nc3ccc(N4CCOCC4)cc3)c2)cn1. The fourth-order valence-corrected chi connectivity index (χ4v) is 4.60. The summed E-state index contributed by atoms with van der Waals surface area (Å²) < 4.78 is 7.27. The Morgan fingerprint density at radius 3 is 2.63 bits per heavy atom. The van der Waals surface area contributed by atoms with E-state index in [4.69, 9.17) is 4.74 Å². The molecule has 0 amide bonds. The molecule has 5 rings (SSSR count). The summed E-state index contributed by atoms with van der Waals surface area (Å²) in [6, 6.07) is 14.8. The quantitative estimate of drug-likeness (QED) is 0.506. The van der Waals surface area contributed by atoms with E-state index in [0.717, 1.165) is 48.9 Å². The van der Waals surface area contributed by atoms with Gasteiger partial charge in [-0.3, -0.25) is 4.68 Å². The fourth-order valence-electron chi connectivity index (χ4n) is 3.69. The lowest BCUT2D eigenvalue weighted by molar-refractivity contribution is 0.122. The number of anilines is 3. The van der Waals surface area contributed by atoms with Gasteiger partial charge in [-0.15, -0.1) is 11.3 Å². The Morgan fingerprint density at radius 1 is 1.03 bits per heavy atom. The third-order valence-corrected chi connectivity index (χ3v) is 6.18. The molecule has 0 unspecified atom stereocenters. The molecule has 1 saturated heterocycles. The third kappa shape index (κ3) is 3.94. The second-order valence-corrected chi connectivity index (χ2v) is 8.18. The van der Waals surface area contributed by atoms with E-state index in [9.17, 15) is 0 Å². The molecule has 0 spiro atoms. The van der Waals surface area contributed by atoms with Gasteiger partial charge >= 0.3 is 0 Å². The van der Waals surface area contributed by atoms with Crippen LogP contribution in [0.5, 0.6) is 0 Å². The summed E-state index contributed by atoms with van der Waals surface area (Å²) in [4.78, 5) is 8.08. The molecule has 0 bridgehead atoms. The first-order valence-electron chi connectivity index (χ1n) is 9.99. The molecule has 3 aromatic heterocycles. The second-order valence-electron chi connectivity index (χ2n) is 7.27. The predicted molar refractivity (Wildman–Crippen MR) is 123 cm³/mol. The highest BCUT2D eigenvalue weighted by atomic mass is 32.1. The number of hydrogen-bond acceptors (Lipinski definition) is 6. The van der Waals surface area contributed by atoms with E-state index in [1.807, 2.05) is 30.3 Å². The van der Waals surface area contributed by atoms with Crippen molar-refractivity contribution in [3.05, 3.63) is 66.4 Å². The van der Waals surface area contributed by atoms with Gasteiger partial charge in [0, 0.05) is 59.9 Å². The van der Waals surface area contributed by atoms with E-state index in [1.54, 1.807) is 11.3 Å². The van der Waals surface area contributed by atoms with Gasteiger partial charge in [0.05, 0.1) is 19.4 Å². The van der Waals surface area contributed by atoms with Crippen molar-refractivity contribution in [2.75, 3.05) is 36.5 Å². The van der Waals surface area contributed by atoms with Crippen molar-refractivity contribution in [1.82, 2.24) is 14.8 Å². The summed E-state index contributed by atoms with van der Waals surface area (Å²) in [6.45, 7) is 3.47. The van der Waals surface area contributed by atoms with E-state index < -0.39 is 0 Å². The minimum atomic E-state index is 0.792. The zero-order chi connectivity index (χ0) is 20.3. The van der Waals surface area contributed by atoms with E-state index >= 15 is 0 Å². The number of rotatable bonds is 5. The topological polar surface area (TPSA) is 55.2 Å². The molecule has 4 heterocycles. The highest BCUT2D eigenvalue weighted by molar-refractivity contribution is 7.14. The Morgan fingerprint density at radius 2 is 1.87 bits per heavy atom. The van der Waals surface area contributed by atoms with Crippen LogP contribution in [0, 0.1) is 0 Å². The number of aromatic nitrogens is 3. The van der Waals surface area contributed by atoms with Crippen LogP contribution in [-0.4, -0.2) is 41.1 Å². The molecule has 7 heteroatoms. The van der Waals surface area contributed by atoms with E-state index in [2.05, 4.69) is 68.1 Å². The van der Waals surface area contributed by atoms with Crippen LogP contribution in [0.15, 0.2) is 66.4 Å². The molecule has 152 valence electrons. The number of morpholine rings is 1. The van der Waals surface area contributed by atoms with E-state index in [-0.39, 0.29) is 0 Å². The Balaban J connectivity index is 1.35. The van der Waals surface area contributed by atoms with Gasteiger partial charge in [-0.2, -0.15) is 5.10 Å². The largest absolute Gasteiger partial charge is 0.378 e. The molecule has 0 atom stereocenters. The van der Waals surface area contributed by atoms with Gasteiger partial charge in [0.1, 0.15) is 5.82 Å². The number of pyridine rings is 1. The molecule has 1 fully saturated rings. The minimum absolute atomic E-state index is 0.792. The Hall–Kier alpha value is -3.16. The van der Waals surface area contributed by atoms with Crippen LogP contribution in [0.2, 0.25) is 0 Å². The average Bonchev–Trinajstić information content (AvgIpc) is 3.44. The standard InChI is InChI=1S/C23H23N5OS/c1-27-16-18(15-25-27)21-7-13-30-23(21)17-6-8-24-22(14-17)26-19-2-4-20(5-3-19)28-9-11-29-12-10-28/h2-8,13-16H,9-12H2,1H3,(H,24,26). The van der Waals surface area contributed by atoms with Crippen LogP contribution >= 0.6 is 11.3 Å². The van der Waals surface area contributed by atoms with Crippen molar-refractivity contribution in [3.63, 3.8) is 0 Å². The summed E-state index contributed by atoms with van der Waals surface area (Å²) in [5, 5.41) is 9.86. The summed E-state index contributed by atoms with van der Waals surface area (Å²) in [5.74, 6) is 0.831. The number of aryl methyl sites for hydroxylation is 1. The average molecular weight is 418 g/mol. The van der Waals surface area contributed by atoms with Gasteiger partial charge in [0.25, 0.3) is 0 Å². The van der Waals surface area contributed by atoms with Crippen LogP contribution in [-0.2, 0) is 11.8 Å². The van der Waals surface area contributed by atoms with Gasteiger partial charge < -0.3 is 15.0 Å². The highest BCUT2D eigenvalue weighted by Crippen LogP contribution is 2.37. The van der Waals surface area contributed by atoms with Crippen LogP contribution in [0.3, 0.4) is 0 Å². The first-order chi connectivity index (χ1) is 14.8. The van der Waals surface area contributed by atoms with Gasteiger partial charge in [0.15, 0.2) is 0 Å². The summed E-state index contributed by atoms with van der Waals surface area (Å²) in [5.41, 5.74) is 5.71. The van der Waals surface area contributed by atoms with Crippen molar-refractivity contribution < 1.29 is 4.74 Å². The second kappa shape index (κ2) is 8.30. The lowest BCUT2D eigenvalue weighted by Gasteiger charge is -2.28. The van der Waals surface area contributed by atoms with E-state index in [1.165, 1.54) is 16.1 Å². The maximum absolute atomic E-state index is 5.44. The molecule has 6 nitrogen and oxygen atoms in total. The lowest BCUT2D eigenvalue weighted by Crippen LogP contribution is -2.36. The molecular weight excluding hydrogens is 394 g/mol. The van der Waals surface area contributed by atoms with Crippen LogP contribution < -0.4 is 10.2 Å². The highest BCUT2D eigenvalue weighted by Gasteiger charge is 2.13. The van der Waals surface area contributed by atoms with Crippen LogP contribution in [0.1, 0.15) is 0 Å². The first kappa shape index (κ1) is 18.8. The minimum Gasteiger partial charge on any atom is -0.378 e.